The molecule has 1 unspecified atom stereocenters. The SMILES string of the molecule is CCCC1NC(=O)CCN(CCS(=O)(=O)C(C)C)C1=O. The van der Waals surface area contributed by atoms with E-state index < -0.39 is 21.1 Å². The first kappa shape index (κ1) is 16.9. The maximum atomic E-state index is 12.3. The zero-order chi connectivity index (χ0) is 15.3. The zero-order valence-electron chi connectivity index (χ0n) is 12.4. The van der Waals surface area contributed by atoms with Gasteiger partial charge in [0.05, 0.1) is 11.0 Å². The van der Waals surface area contributed by atoms with Crippen molar-refractivity contribution in [1.29, 1.82) is 0 Å². The van der Waals surface area contributed by atoms with Crippen molar-refractivity contribution in [2.24, 2.45) is 0 Å². The summed E-state index contributed by atoms with van der Waals surface area (Å²) in [4.78, 5) is 25.3. The van der Waals surface area contributed by atoms with E-state index in [0.717, 1.165) is 6.42 Å². The molecule has 20 heavy (non-hydrogen) atoms. The third kappa shape index (κ3) is 4.47. The van der Waals surface area contributed by atoms with E-state index in [4.69, 9.17) is 0 Å². The van der Waals surface area contributed by atoms with Crippen molar-refractivity contribution >= 4 is 21.7 Å². The molecule has 0 aromatic heterocycles. The molecule has 0 aliphatic carbocycles. The predicted octanol–water partition coefficient (Wildman–Crippen LogP) is 0.327. The van der Waals surface area contributed by atoms with Crippen LogP contribution in [0.1, 0.15) is 40.0 Å². The van der Waals surface area contributed by atoms with E-state index >= 15 is 0 Å². The second-order valence-electron chi connectivity index (χ2n) is 5.40. The first-order valence-electron chi connectivity index (χ1n) is 7.07. The Kier molecular flexibility index (Phi) is 5.98. The molecule has 1 heterocycles. The Labute approximate surface area is 120 Å². The fourth-order valence-corrected chi connectivity index (χ4v) is 3.02. The molecule has 1 saturated heterocycles. The van der Waals surface area contributed by atoms with Crippen molar-refractivity contribution < 1.29 is 18.0 Å². The van der Waals surface area contributed by atoms with Crippen molar-refractivity contribution in [1.82, 2.24) is 10.2 Å². The molecule has 116 valence electrons. The fourth-order valence-electron chi connectivity index (χ4n) is 2.07. The first-order valence-corrected chi connectivity index (χ1v) is 8.79. The van der Waals surface area contributed by atoms with Gasteiger partial charge in [-0.15, -0.1) is 0 Å². The van der Waals surface area contributed by atoms with E-state index in [9.17, 15) is 18.0 Å². The normalized spacial score (nSPS) is 21.0. The molecule has 1 atom stereocenters. The molecule has 0 radical (unpaired) electrons. The topological polar surface area (TPSA) is 83.6 Å². The van der Waals surface area contributed by atoms with Gasteiger partial charge >= 0.3 is 0 Å². The molecule has 0 saturated carbocycles. The molecule has 6 nitrogen and oxygen atoms in total. The van der Waals surface area contributed by atoms with Crippen molar-refractivity contribution in [3.05, 3.63) is 0 Å². The van der Waals surface area contributed by atoms with Gasteiger partial charge in [-0.1, -0.05) is 13.3 Å². The molecule has 0 bridgehead atoms. The van der Waals surface area contributed by atoms with Crippen LogP contribution < -0.4 is 5.32 Å². The van der Waals surface area contributed by atoms with Crippen LogP contribution >= 0.6 is 0 Å². The molecule has 1 N–H and O–H groups in total. The summed E-state index contributed by atoms with van der Waals surface area (Å²) in [5.74, 6) is -0.369. The van der Waals surface area contributed by atoms with Gasteiger partial charge in [0.2, 0.25) is 11.8 Å². The Morgan fingerprint density at radius 2 is 2.00 bits per heavy atom. The first-order chi connectivity index (χ1) is 9.27. The molecule has 1 rings (SSSR count). The van der Waals surface area contributed by atoms with E-state index in [1.54, 1.807) is 13.8 Å². The van der Waals surface area contributed by atoms with Crippen LogP contribution in [0.15, 0.2) is 0 Å². The standard InChI is InChI=1S/C13H24N2O4S/c1-4-5-11-13(17)15(7-6-12(16)14-11)8-9-20(18,19)10(2)3/h10-11H,4-9H2,1-3H3,(H,14,16). The van der Waals surface area contributed by atoms with Crippen molar-refractivity contribution in [3.8, 4) is 0 Å². The van der Waals surface area contributed by atoms with Gasteiger partial charge in [-0.2, -0.15) is 0 Å². The van der Waals surface area contributed by atoms with Gasteiger partial charge < -0.3 is 10.2 Å². The Balaban J connectivity index is 2.73. The smallest absolute Gasteiger partial charge is 0.245 e. The maximum Gasteiger partial charge on any atom is 0.245 e. The van der Waals surface area contributed by atoms with Crippen LogP contribution in [0.4, 0.5) is 0 Å². The van der Waals surface area contributed by atoms with Crippen LogP contribution in [0.2, 0.25) is 0 Å². The summed E-state index contributed by atoms with van der Waals surface area (Å²) in [6.07, 6.45) is 1.60. The lowest BCUT2D eigenvalue weighted by atomic mass is 10.1. The predicted molar refractivity (Wildman–Crippen MR) is 77.0 cm³/mol. The molecular weight excluding hydrogens is 280 g/mol. The molecule has 7 heteroatoms. The van der Waals surface area contributed by atoms with Gasteiger partial charge in [-0.25, -0.2) is 8.42 Å². The summed E-state index contributed by atoms with van der Waals surface area (Å²) in [6, 6.07) is -0.517. The Morgan fingerprint density at radius 3 is 2.55 bits per heavy atom. The summed E-state index contributed by atoms with van der Waals surface area (Å²) in [6.45, 7) is 5.65. The highest BCUT2D eigenvalue weighted by Crippen LogP contribution is 2.10. The highest BCUT2D eigenvalue weighted by molar-refractivity contribution is 7.92. The highest BCUT2D eigenvalue weighted by Gasteiger charge is 2.30. The van der Waals surface area contributed by atoms with Gasteiger partial charge in [0.1, 0.15) is 6.04 Å². The summed E-state index contributed by atoms with van der Waals surface area (Å²) in [5.41, 5.74) is 0. The number of hydrogen-bond acceptors (Lipinski definition) is 4. The Morgan fingerprint density at radius 1 is 1.35 bits per heavy atom. The summed E-state index contributed by atoms with van der Waals surface area (Å²) in [7, 11) is -3.18. The molecule has 1 fully saturated rings. The van der Waals surface area contributed by atoms with E-state index in [1.165, 1.54) is 4.90 Å². The second kappa shape index (κ2) is 7.06. The van der Waals surface area contributed by atoms with Gasteiger partial charge in [-0.3, -0.25) is 9.59 Å². The van der Waals surface area contributed by atoms with Gasteiger partial charge in [-0.05, 0) is 20.3 Å². The second-order valence-corrected chi connectivity index (χ2v) is 8.08. The van der Waals surface area contributed by atoms with Crippen molar-refractivity contribution in [2.75, 3.05) is 18.8 Å². The number of hydrogen-bond donors (Lipinski definition) is 1. The number of carbonyl (C=O) groups is 2. The minimum Gasteiger partial charge on any atom is -0.344 e. The zero-order valence-corrected chi connectivity index (χ0v) is 13.2. The number of nitrogens with one attached hydrogen (secondary N) is 1. The molecule has 1 aliphatic heterocycles. The van der Waals surface area contributed by atoms with Crippen LogP contribution in [0.25, 0.3) is 0 Å². The van der Waals surface area contributed by atoms with Crippen molar-refractivity contribution in [3.63, 3.8) is 0 Å². The van der Waals surface area contributed by atoms with Crippen LogP contribution in [0, 0.1) is 0 Å². The van der Waals surface area contributed by atoms with E-state index in [-0.39, 0.29) is 30.5 Å². The highest BCUT2D eigenvalue weighted by atomic mass is 32.2. The molecule has 0 aromatic rings. The average molecular weight is 304 g/mol. The molecule has 2 amide bonds. The lowest BCUT2D eigenvalue weighted by Crippen LogP contribution is -2.46. The van der Waals surface area contributed by atoms with E-state index in [0.29, 0.717) is 13.0 Å². The van der Waals surface area contributed by atoms with E-state index in [1.807, 2.05) is 6.92 Å². The van der Waals surface area contributed by atoms with Crippen LogP contribution in [-0.4, -0.2) is 55.3 Å². The molecular formula is C13H24N2O4S. The molecule has 0 aromatic carbocycles. The average Bonchev–Trinajstić information content (AvgIpc) is 2.49. The third-order valence-corrected chi connectivity index (χ3v) is 5.68. The lowest BCUT2D eigenvalue weighted by Gasteiger charge is -2.24. The van der Waals surface area contributed by atoms with Crippen LogP contribution in [0.5, 0.6) is 0 Å². The number of amides is 2. The number of rotatable bonds is 6. The van der Waals surface area contributed by atoms with E-state index in [2.05, 4.69) is 5.32 Å². The summed E-state index contributed by atoms with van der Waals surface area (Å²) >= 11 is 0. The minimum atomic E-state index is -3.18. The number of carbonyl (C=O) groups excluding carboxylic acids is 2. The third-order valence-electron chi connectivity index (χ3n) is 3.50. The maximum absolute atomic E-state index is 12.3. The van der Waals surface area contributed by atoms with Crippen molar-refractivity contribution in [2.45, 2.75) is 51.3 Å². The Hall–Kier alpha value is -1.11. The number of nitrogens with zero attached hydrogens (tertiary/aromatic N) is 1. The quantitative estimate of drug-likeness (QED) is 0.766. The van der Waals surface area contributed by atoms with Gasteiger partial charge in [0, 0.05) is 19.5 Å². The van der Waals surface area contributed by atoms with Gasteiger partial charge in [0.25, 0.3) is 0 Å². The fraction of sp³-hybridized carbons (Fsp3) is 0.846. The number of sulfone groups is 1. The van der Waals surface area contributed by atoms with Crippen LogP contribution in [-0.2, 0) is 19.4 Å². The summed E-state index contributed by atoms with van der Waals surface area (Å²) in [5, 5.41) is 2.25. The van der Waals surface area contributed by atoms with Gasteiger partial charge in [0.15, 0.2) is 9.84 Å². The minimum absolute atomic E-state index is 0.0521. The molecule has 0 spiro atoms. The molecule has 1 aliphatic rings. The van der Waals surface area contributed by atoms with Crippen LogP contribution in [0.3, 0.4) is 0 Å². The lowest BCUT2D eigenvalue weighted by molar-refractivity contribution is -0.133. The largest absolute Gasteiger partial charge is 0.344 e. The summed E-state index contributed by atoms with van der Waals surface area (Å²) < 4.78 is 23.6. The monoisotopic (exact) mass is 304 g/mol. The Bertz CT molecular complexity index is 459.